The SMILES string of the molecule is C=CC(=O)Nc1ccc(CN2CCOCC2)c(-c2cnccc2-c2cnn(CC)c2)c1. The van der Waals surface area contributed by atoms with Crippen LogP contribution in [-0.4, -0.2) is 51.9 Å². The number of morpholine rings is 1. The molecule has 1 aliphatic heterocycles. The summed E-state index contributed by atoms with van der Waals surface area (Å²) in [6.07, 6.45) is 8.88. The van der Waals surface area contributed by atoms with Crippen LogP contribution in [-0.2, 0) is 22.6 Å². The van der Waals surface area contributed by atoms with Crippen molar-refractivity contribution in [2.75, 3.05) is 31.6 Å². The summed E-state index contributed by atoms with van der Waals surface area (Å²) in [7, 11) is 0. The molecule has 0 atom stereocenters. The molecule has 1 aromatic carbocycles. The van der Waals surface area contributed by atoms with E-state index in [0.717, 1.165) is 67.3 Å². The fourth-order valence-electron chi connectivity index (χ4n) is 3.77. The number of benzene rings is 1. The molecule has 3 heterocycles. The summed E-state index contributed by atoms with van der Waals surface area (Å²) in [4.78, 5) is 18.7. The Labute approximate surface area is 182 Å². The summed E-state index contributed by atoms with van der Waals surface area (Å²) >= 11 is 0. The van der Waals surface area contributed by atoms with E-state index in [2.05, 4.69) is 39.9 Å². The fourth-order valence-corrected chi connectivity index (χ4v) is 3.77. The highest BCUT2D eigenvalue weighted by molar-refractivity contribution is 5.99. The maximum absolute atomic E-state index is 11.9. The van der Waals surface area contributed by atoms with Crippen LogP contribution in [0.4, 0.5) is 5.69 Å². The number of anilines is 1. The normalized spacial score (nSPS) is 14.4. The Morgan fingerprint density at radius 2 is 2.03 bits per heavy atom. The van der Waals surface area contributed by atoms with Gasteiger partial charge >= 0.3 is 0 Å². The largest absolute Gasteiger partial charge is 0.379 e. The van der Waals surface area contributed by atoms with E-state index in [1.165, 1.54) is 11.6 Å². The Kier molecular flexibility index (Phi) is 6.54. The van der Waals surface area contributed by atoms with Gasteiger partial charge in [-0.05, 0) is 47.9 Å². The van der Waals surface area contributed by atoms with E-state index < -0.39 is 0 Å². The molecular formula is C24H27N5O2. The van der Waals surface area contributed by atoms with E-state index in [0.29, 0.717) is 0 Å². The number of amides is 1. The minimum Gasteiger partial charge on any atom is -0.379 e. The standard InChI is InChI=1S/C24H27N5O2/c1-3-24(30)27-20-6-5-18(16-28-9-11-31-12-10-28)22(13-20)23-15-25-8-7-21(23)19-14-26-29(4-2)17-19/h3,5-8,13-15,17H,1,4,9-12,16H2,2H3,(H,27,30). The maximum atomic E-state index is 11.9. The lowest BCUT2D eigenvalue weighted by molar-refractivity contribution is -0.111. The number of carbonyl (C=O) groups is 1. The van der Waals surface area contributed by atoms with Crippen molar-refractivity contribution in [3.8, 4) is 22.3 Å². The minimum atomic E-state index is -0.234. The summed E-state index contributed by atoms with van der Waals surface area (Å²) in [5.74, 6) is -0.234. The van der Waals surface area contributed by atoms with E-state index >= 15 is 0 Å². The lowest BCUT2D eigenvalue weighted by Gasteiger charge is -2.28. The van der Waals surface area contributed by atoms with Crippen molar-refractivity contribution in [1.29, 1.82) is 0 Å². The highest BCUT2D eigenvalue weighted by atomic mass is 16.5. The fraction of sp³-hybridized carbons (Fsp3) is 0.292. The first-order valence-electron chi connectivity index (χ1n) is 10.5. The molecule has 0 aliphatic carbocycles. The predicted octanol–water partition coefficient (Wildman–Crippen LogP) is 3.59. The van der Waals surface area contributed by atoms with Crippen LogP contribution < -0.4 is 5.32 Å². The van der Waals surface area contributed by atoms with Crippen LogP contribution in [0.15, 0.2) is 61.7 Å². The van der Waals surface area contributed by atoms with Crippen molar-refractivity contribution in [2.45, 2.75) is 20.0 Å². The second-order valence-electron chi connectivity index (χ2n) is 7.46. The Balaban J connectivity index is 1.78. The first-order valence-corrected chi connectivity index (χ1v) is 10.5. The van der Waals surface area contributed by atoms with Gasteiger partial charge < -0.3 is 10.1 Å². The van der Waals surface area contributed by atoms with Crippen LogP contribution in [0.2, 0.25) is 0 Å². The Morgan fingerprint density at radius 1 is 1.19 bits per heavy atom. The lowest BCUT2D eigenvalue weighted by Crippen LogP contribution is -2.35. The summed E-state index contributed by atoms with van der Waals surface area (Å²) in [5.41, 5.74) is 6.05. The van der Waals surface area contributed by atoms with Crippen molar-refractivity contribution >= 4 is 11.6 Å². The second kappa shape index (κ2) is 9.68. The van der Waals surface area contributed by atoms with E-state index in [1.807, 2.05) is 41.5 Å². The van der Waals surface area contributed by atoms with Crippen molar-refractivity contribution in [3.05, 3.63) is 67.3 Å². The van der Waals surface area contributed by atoms with Crippen LogP contribution in [0, 0.1) is 0 Å². The van der Waals surface area contributed by atoms with Gasteiger partial charge in [-0.25, -0.2) is 0 Å². The zero-order chi connectivity index (χ0) is 21.6. The molecule has 7 heteroatoms. The Bertz CT molecular complexity index is 1070. The average Bonchev–Trinajstić information content (AvgIpc) is 3.30. The zero-order valence-electron chi connectivity index (χ0n) is 17.8. The molecule has 0 spiro atoms. The van der Waals surface area contributed by atoms with Crippen LogP contribution in [0.5, 0.6) is 0 Å². The second-order valence-corrected chi connectivity index (χ2v) is 7.46. The van der Waals surface area contributed by atoms with Gasteiger partial charge in [-0.1, -0.05) is 12.6 Å². The molecule has 0 radical (unpaired) electrons. The number of carbonyl (C=O) groups excluding carboxylic acids is 1. The van der Waals surface area contributed by atoms with Gasteiger partial charge in [0.2, 0.25) is 5.91 Å². The molecule has 1 N–H and O–H groups in total. The minimum absolute atomic E-state index is 0.234. The van der Waals surface area contributed by atoms with Gasteiger partial charge in [0.05, 0.1) is 19.4 Å². The number of ether oxygens (including phenoxy) is 1. The molecule has 3 aromatic rings. The number of nitrogens with zero attached hydrogens (tertiary/aromatic N) is 4. The van der Waals surface area contributed by atoms with Gasteiger partial charge in [0.25, 0.3) is 0 Å². The van der Waals surface area contributed by atoms with Gasteiger partial charge in [0.1, 0.15) is 0 Å². The van der Waals surface area contributed by atoms with E-state index in [-0.39, 0.29) is 5.91 Å². The van der Waals surface area contributed by atoms with Crippen molar-refractivity contribution in [2.24, 2.45) is 0 Å². The molecule has 1 saturated heterocycles. The summed E-state index contributed by atoms with van der Waals surface area (Å²) < 4.78 is 7.41. The number of hydrogen-bond donors (Lipinski definition) is 1. The van der Waals surface area contributed by atoms with Gasteiger partial charge in [0, 0.05) is 61.6 Å². The molecule has 4 rings (SSSR count). The summed E-state index contributed by atoms with van der Waals surface area (Å²) in [6, 6.07) is 8.05. The van der Waals surface area contributed by atoms with E-state index in [9.17, 15) is 4.79 Å². The molecule has 0 saturated carbocycles. The van der Waals surface area contributed by atoms with Crippen LogP contribution in [0.25, 0.3) is 22.3 Å². The van der Waals surface area contributed by atoms with E-state index in [1.54, 1.807) is 6.20 Å². The number of aromatic nitrogens is 3. The summed E-state index contributed by atoms with van der Waals surface area (Å²) in [6.45, 7) is 10.5. The molecule has 7 nitrogen and oxygen atoms in total. The molecule has 2 aromatic heterocycles. The number of pyridine rings is 1. The molecule has 1 amide bonds. The number of nitrogens with one attached hydrogen (secondary N) is 1. The first-order chi connectivity index (χ1) is 15.2. The van der Waals surface area contributed by atoms with E-state index in [4.69, 9.17) is 4.74 Å². The quantitative estimate of drug-likeness (QED) is 0.595. The van der Waals surface area contributed by atoms with Crippen molar-refractivity contribution in [3.63, 3.8) is 0 Å². The Hall–Kier alpha value is -3.29. The third-order valence-electron chi connectivity index (χ3n) is 5.44. The van der Waals surface area contributed by atoms with Crippen LogP contribution >= 0.6 is 0 Å². The number of aryl methyl sites for hydroxylation is 1. The Morgan fingerprint density at radius 3 is 2.77 bits per heavy atom. The summed E-state index contributed by atoms with van der Waals surface area (Å²) in [5, 5.41) is 7.31. The molecule has 1 fully saturated rings. The third-order valence-corrected chi connectivity index (χ3v) is 5.44. The zero-order valence-corrected chi connectivity index (χ0v) is 17.8. The maximum Gasteiger partial charge on any atom is 0.247 e. The van der Waals surface area contributed by atoms with Crippen LogP contribution in [0.3, 0.4) is 0 Å². The van der Waals surface area contributed by atoms with Crippen molar-refractivity contribution in [1.82, 2.24) is 19.7 Å². The van der Waals surface area contributed by atoms with Crippen molar-refractivity contribution < 1.29 is 9.53 Å². The molecule has 1 aliphatic rings. The van der Waals surface area contributed by atoms with Gasteiger partial charge in [-0.3, -0.25) is 19.4 Å². The van der Waals surface area contributed by atoms with Crippen LogP contribution in [0.1, 0.15) is 12.5 Å². The van der Waals surface area contributed by atoms with Gasteiger partial charge in [-0.2, -0.15) is 5.10 Å². The molecule has 0 unspecified atom stereocenters. The topological polar surface area (TPSA) is 72.3 Å². The number of rotatable bonds is 7. The third kappa shape index (κ3) is 4.90. The molecule has 0 bridgehead atoms. The molecule has 160 valence electrons. The highest BCUT2D eigenvalue weighted by Crippen LogP contribution is 2.35. The smallest absolute Gasteiger partial charge is 0.247 e. The molecular weight excluding hydrogens is 390 g/mol. The predicted molar refractivity (Wildman–Crippen MR) is 121 cm³/mol. The number of hydrogen-bond acceptors (Lipinski definition) is 5. The van der Waals surface area contributed by atoms with Gasteiger partial charge in [-0.15, -0.1) is 0 Å². The highest BCUT2D eigenvalue weighted by Gasteiger charge is 2.17. The molecule has 31 heavy (non-hydrogen) atoms. The first kappa shape index (κ1) is 21.0. The lowest BCUT2D eigenvalue weighted by atomic mass is 9.93. The van der Waals surface area contributed by atoms with Gasteiger partial charge in [0.15, 0.2) is 0 Å². The monoisotopic (exact) mass is 417 g/mol. The average molecular weight is 418 g/mol.